The van der Waals surface area contributed by atoms with E-state index in [0.717, 1.165) is 10.9 Å². The number of hydrogen-bond donors (Lipinski definition) is 3. The summed E-state index contributed by atoms with van der Waals surface area (Å²) in [5, 5.41) is 20.7. The third-order valence-corrected chi connectivity index (χ3v) is 2.74. The number of aliphatic hydroxyl groups is 1. The molecular formula is C11H9N5O2. The third kappa shape index (κ3) is 1.49. The van der Waals surface area contributed by atoms with Gasteiger partial charge in [0.1, 0.15) is 11.8 Å². The van der Waals surface area contributed by atoms with Gasteiger partial charge in [-0.3, -0.25) is 4.98 Å². The molecule has 90 valence electrons. The second-order valence-corrected chi connectivity index (χ2v) is 3.77. The quantitative estimate of drug-likeness (QED) is 0.583. The first kappa shape index (κ1) is 10.6. The van der Waals surface area contributed by atoms with Crippen LogP contribution in [0, 0.1) is 0 Å². The van der Waals surface area contributed by atoms with Crippen molar-refractivity contribution in [2.45, 2.75) is 6.10 Å². The van der Waals surface area contributed by atoms with Crippen molar-refractivity contribution in [1.82, 2.24) is 25.4 Å². The first-order valence-electron chi connectivity index (χ1n) is 5.26. The number of rotatable bonds is 3. The fraction of sp³-hybridized carbons (Fsp3) is 0.0909. The Morgan fingerprint density at radius 3 is 3.00 bits per heavy atom. The highest BCUT2D eigenvalue weighted by molar-refractivity contribution is 5.92. The smallest absolute Gasteiger partial charge is 0.153 e. The Morgan fingerprint density at radius 2 is 2.28 bits per heavy atom. The maximum Gasteiger partial charge on any atom is 0.153 e. The molecule has 0 saturated carbocycles. The van der Waals surface area contributed by atoms with Crippen molar-refractivity contribution in [2.75, 3.05) is 0 Å². The molecule has 3 aromatic rings. The fourth-order valence-corrected chi connectivity index (χ4v) is 1.96. The van der Waals surface area contributed by atoms with Crippen molar-refractivity contribution < 1.29 is 9.90 Å². The average Bonchev–Trinajstić information content (AvgIpc) is 3.04. The zero-order chi connectivity index (χ0) is 12.5. The van der Waals surface area contributed by atoms with Gasteiger partial charge in [0.25, 0.3) is 0 Å². The predicted octanol–water partition coefficient (Wildman–Crippen LogP) is 0.580. The number of nitrogens with one attached hydrogen (secondary N) is 2. The van der Waals surface area contributed by atoms with Crippen LogP contribution in [0.2, 0.25) is 0 Å². The van der Waals surface area contributed by atoms with Crippen LogP contribution in [0.25, 0.3) is 22.3 Å². The lowest BCUT2D eigenvalue weighted by Gasteiger charge is -2.03. The Labute approximate surface area is 101 Å². The third-order valence-electron chi connectivity index (χ3n) is 2.74. The van der Waals surface area contributed by atoms with Crippen LogP contribution in [-0.4, -0.2) is 36.8 Å². The standard InChI is InChI=1S/C11H9N5O2/c17-5-9(18)10-6-1-2-12-3-7(6)14-11(10)8-4-13-16-15-8/h1-5,9,14,18H,(H,13,15,16). The topological polar surface area (TPSA) is 108 Å². The predicted molar refractivity (Wildman–Crippen MR) is 62.5 cm³/mol. The second-order valence-electron chi connectivity index (χ2n) is 3.77. The highest BCUT2D eigenvalue weighted by Crippen LogP contribution is 2.32. The van der Waals surface area contributed by atoms with E-state index in [1.807, 2.05) is 0 Å². The molecule has 0 radical (unpaired) electrons. The number of pyridine rings is 1. The zero-order valence-corrected chi connectivity index (χ0v) is 9.16. The maximum atomic E-state index is 10.8. The number of aliphatic hydroxyl groups excluding tert-OH is 1. The number of carbonyl (C=O) groups excluding carboxylic acids is 1. The molecule has 1 atom stereocenters. The highest BCUT2D eigenvalue weighted by Gasteiger charge is 2.20. The van der Waals surface area contributed by atoms with Crippen molar-refractivity contribution >= 4 is 17.2 Å². The van der Waals surface area contributed by atoms with E-state index in [-0.39, 0.29) is 0 Å². The van der Waals surface area contributed by atoms with Gasteiger partial charge in [-0.15, -0.1) is 0 Å². The molecular weight excluding hydrogens is 234 g/mol. The van der Waals surface area contributed by atoms with Crippen LogP contribution in [0.3, 0.4) is 0 Å². The highest BCUT2D eigenvalue weighted by atomic mass is 16.3. The van der Waals surface area contributed by atoms with E-state index in [2.05, 4.69) is 25.4 Å². The Balaban J connectivity index is 2.33. The molecule has 0 bridgehead atoms. The van der Waals surface area contributed by atoms with Gasteiger partial charge in [-0.05, 0) is 6.07 Å². The van der Waals surface area contributed by atoms with Crippen LogP contribution >= 0.6 is 0 Å². The zero-order valence-electron chi connectivity index (χ0n) is 9.16. The molecule has 0 aliphatic carbocycles. The van der Waals surface area contributed by atoms with Crippen molar-refractivity contribution in [3.8, 4) is 11.4 Å². The van der Waals surface area contributed by atoms with E-state index < -0.39 is 6.10 Å². The van der Waals surface area contributed by atoms with Gasteiger partial charge in [0, 0.05) is 17.1 Å². The van der Waals surface area contributed by atoms with Gasteiger partial charge >= 0.3 is 0 Å². The summed E-state index contributed by atoms with van der Waals surface area (Å²) < 4.78 is 0. The number of aromatic nitrogens is 5. The maximum absolute atomic E-state index is 10.8. The monoisotopic (exact) mass is 243 g/mol. The van der Waals surface area contributed by atoms with E-state index in [1.165, 1.54) is 6.20 Å². The number of aromatic amines is 2. The molecule has 1 unspecified atom stereocenters. The van der Waals surface area contributed by atoms with E-state index in [0.29, 0.717) is 23.2 Å². The number of H-pyrrole nitrogens is 2. The van der Waals surface area contributed by atoms with E-state index in [1.54, 1.807) is 18.5 Å². The Morgan fingerprint density at radius 1 is 1.39 bits per heavy atom. The lowest BCUT2D eigenvalue weighted by Crippen LogP contribution is -1.99. The molecule has 3 rings (SSSR count). The van der Waals surface area contributed by atoms with Crippen molar-refractivity contribution in [1.29, 1.82) is 0 Å². The summed E-state index contributed by atoms with van der Waals surface area (Å²) in [6.45, 7) is 0. The molecule has 3 aromatic heterocycles. The summed E-state index contributed by atoms with van der Waals surface area (Å²) in [5.74, 6) is 0. The average molecular weight is 243 g/mol. The van der Waals surface area contributed by atoms with Crippen LogP contribution in [0.15, 0.2) is 24.7 Å². The fourth-order valence-electron chi connectivity index (χ4n) is 1.96. The van der Waals surface area contributed by atoms with Gasteiger partial charge in [-0.25, -0.2) is 0 Å². The summed E-state index contributed by atoms with van der Waals surface area (Å²) in [7, 11) is 0. The van der Waals surface area contributed by atoms with Crippen molar-refractivity contribution in [2.24, 2.45) is 0 Å². The Kier molecular flexibility index (Phi) is 2.38. The minimum absolute atomic E-state index is 0.479. The molecule has 0 aromatic carbocycles. The number of carbonyl (C=O) groups is 1. The molecule has 0 fully saturated rings. The van der Waals surface area contributed by atoms with Crippen LogP contribution < -0.4 is 0 Å². The summed E-state index contributed by atoms with van der Waals surface area (Å²) in [6.07, 6.45) is 4.00. The van der Waals surface area contributed by atoms with Crippen LogP contribution in [0.4, 0.5) is 0 Å². The molecule has 3 heterocycles. The normalized spacial score (nSPS) is 12.7. The second kappa shape index (κ2) is 4.04. The molecule has 0 aliphatic rings. The van der Waals surface area contributed by atoms with Gasteiger partial charge in [0.05, 0.1) is 23.6 Å². The van der Waals surface area contributed by atoms with E-state index in [4.69, 9.17) is 0 Å². The van der Waals surface area contributed by atoms with E-state index >= 15 is 0 Å². The number of hydrogen-bond acceptors (Lipinski definition) is 5. The van der Waals surface area contributed by atoms with Crippen molar-refractivity contribution in [3.63, 3.8) is 0 Å². The minimum atomic E-state index is -1.21. The molecule has 3 N–H and O–H groups in total. The molecule has 0 aliphatic heterocycles. The molecule has 7 heteroatoms. The first-order valence-corrected chi connectivity index (χ1v) is 5.26. The van der Waals surface area contributed by atoms with Gasteiger partial charge in [0.15, 0.2) is 6.29 Å². The minimum Gasteiger partial charge on any atom is -0.381 e. The number of nitrogens with zero attached hydrogens (tertiary/aromatic N) is 3. The largest absolute Gasteiger partial charge is 0.381 e. The van der Waals surface area contributed by atoms with Crippen LogP contribution in [0.5, 0.6) is 0 Å². The SMILES string of the molecule is O=CC(O)c1c(-c2cn[nH]n2)[nH]c2cnccc12. The van der Waals surface area contributed by atoms with Crippen LogP contribution in [0.1, 0.15) is 11.7 Å². The summed E-state index contributed by atoms with van der Waals surface area (Å²) >= 11 is 0. The number of fused-ring (bicyclic) bond motifs is 1. The number of aldehydes is 1. The van der Waals surface area contributed by atoms with Gasteiger partial charge in [-0.2, -0.15) is 15.4 Å². The van der Waals surface area contributed by atoms with Gasteiger partial charge in [-0.1, -0.05) is 0 Å². The summed E-state index contributed by atoms with van der Waals surface area (Å²) in [4.78, 5) is 17.9. The molecule has 0 spiro atoms. The van der Waals surface area contributed by atoms with E-state index in [9.17, 15) is 9.90 Å². The molecule has 0 amide bonds. The van der Waals surface area contributed by atoms with Crippen molar-refractivity contribution in [3.05, 3.63) is 30.2 Å². The lowest BCUT2D eigenvalue weighted by molar-refractivity contribution is -0.115. The van der Waals surface area contributed by atoms with Gasteiger partial charge < -0.3 is 14.9 Å². The molecule has 0 saturated heterocycles. The first-order chi connectivity index (χ1) is 8.81. The molecule has 7 nitrogen and oxygen atoms in total. The summed E-state index contributed by atoms with van der Waals surface area (Å²) in [6, 6.07) is 1.73. The Bertz CT molecular complexity index is 689. The van der Waals surface area contributed by atoms with Crippen LogP contribution in [-0.2, 0) is 4.79 Å². The van der Waals surface area contributed by atoms with Gasteiger partial charge in [0.2, 0.25) is 0 Å². The molecule has 18 heavy (non-hydrogen) atoms. The lowest BCUT2D eigenvalue weighted by atomic mass is 10.1. The Hall–Kier alpha value is -2.54. The summed E-state index contributed by atoms with van der Waals surface area (Å²) in [5.41, 5.74) is 2.30.